The number of aliphatic imine (C=N–C) groups is 1. The average Bonchev–Trinajstić information content (AvgIpc) is 2.65. The lowest BCUT2D eigenvalue weighted by atomic mass is 9.78. The van der Waals surface area contributed by atoms with Crippen LogP contribution in [0.15, 0.2) is 29.3 Å². The van der Waals surface area contributed by atoms with Crippen LogP contribution in [0.25, 0.3) is 0 Å². The highest BCUT2D eigenvalue weighted by molar-refractivity contribution is 5.93. The predicted molar refractivity (Wildman–Crippen MR) is 113 cm³/mol. The van der Waals surface area contributed by atoms with E-state index in [1.165, 1.54) is 25.7 Å². The Bertz CT molecular complexity index is 634. The zero-order chi connectivity index (χ0) is 19.9. The molecular weight excluding hydrogens is 336 g/mol. The molecule has 0 spiro atoms. The summed E-state index contributed by atoms with van der Waals surface area (Å²) in [5.41, 5.74) is 2.22. The van der Waals surface area contributed by atoms with Gasteiger partial charge in [0.25, 0.3) is 5.91 Å². The first-order valence-corrected chi connectivity index (χ1v) is 10.2. The first kappa shape index (κ1) is 21.3. The van der Waals surface area contributed by atoms with Crippen LogP contribution in [0, 0.1) is 5.41 Å². The minimum atomic E-state index is 0.0296. The minimum Gasteiger partial charge on any atom is -0.357 e. The van der Waals surface area contributed by atoms with Crippen LogP contribution in [0.5, 0.6) is 0 Å². The molecule has 1 atom stereocenters. The van der Waals surface area contributed by atoms with Crippen molar-refractivity contribution in [3.63, 3.8) is 0 Å². The van der Waals surface area contributed by atoms with Gasteiger partial charge in [0.2, 0.25) is 0 Å². The van der Waals surface area contributed by atoms with E-state index in [1.54, 1.807) is 19.0 Å². The van der Waals surface area contributed by atoms with Crippen molar-refractivity contribution < 1.29 is 4.79 Å². The number of likely N-dealkylation sites (tertiary alicyclic amines) is 1. The summed E-state index contributed by atoms with van der Waals surface area (Å²) in [5.74, 6) is 1.04. The molecule has 2 rings (SSSR count). The monoisotopic (exact) mass is 372 g/mol. The van der Waals surface area contributed by atoms with Crippen LogP contribution < -0.4 is 5.32 Å². The number of carbonyl (C=O) groups is 1. The molecule has 1 heterocycles. The average molecular weight is 373 g/mol. The molecular formula is C22H36N4O. The number of hydrogen-bond acceptors (Lipinski definition) is 2. The first-order valence-electron chi connectivity index (χ1n) is 10.2. The van der Waals surface area contributed by atoms with Gasteiger partial charge in [-0.3, -0.25) is 4.79 Å². The molecule has 1 aliphatic rings. The van der Waals surface area contributed by atoms with E-state index in [0.29, 0.717) is 17.5 Å². The van der Waals surface area contributed by atoms with E-state index in [-0.39, 0.29) is 5.91 Å². The number of benzene rings is 1. The van der Waals surface area contributed by atoms with Crippen LogP contribution in [0.3, 0.4) is 0 Å². The zero-order valence-corrected chi connectivity index (χ0v) is 17.7. The molecule has 1 unspecified atom stereocenters. The van der Waals surface area contributed by atoms with Gasteiger partial charge in [-0.05, 0) is 49.3 Å². The van der Waals surface area contributed by atoms with Gasteiger partial charge in [0.1, 0.15) is 0 Å². The molecule has 0 bridgehead atoms. The summed E-state index contributed by atoms with van der Waals surface area (Å²) < 4.78 is 0. The Labute approximate surface area is 164 Å². The summed E-state index contributed by atoms with van der Waals surface area (Å²) in [6.45, 7) is 10.4. The molecule has 5 nitrogen and oxygen atoms in total. The molecule has 0 radical (unpaired) electrons. The Balaban J connectivity index is 2.07. The van der Waals surface area contributed by atoms with Crippen molar-refractivity contribution in [3.05, 3.63) is 35.4 Å². The fraction of sp³-hybridized carbons (Fsp3) is 0.636. The molecule has 1 fully saturated rings. The highest BCUT2D eigenvalue weighted by atomic mass is 16.2. The van der Waals surface area contributed by atoms with Gasteiger partial charge in [-0.1, -0.05) is 32.4 Å². The molecule has 0 aromatic heterocycles. The molecule has 0 saturated carbocycles. The van der Waals surface area contributed by atoms with E-state index in [9.17, 15) is 4.79 Å². The van der Waals surface area contributed by atoms with Gasteiger partial charge in [-0.2, -0.15) is 0 Å². The number of piperidine rings is 1. The summed E-state index contributed by atoms with van der Waals surface area (Å²) in [5, 5.41) is 3.46. The number of carbonyl (C=O) groups excluding carboxylic acids is 1. The third-order valence-electron chi connectivity index (χ3n) is 5.29. The van der Waals surface area contributed by atoms with Gasteiger partial charge in [0, 0.05) is 39.3 Å². The van der Waals surface area contributed by atoms with Crippen molar-refractivity contribution in [2.45, 2.75) is 53.0 Å². The summed E-state index contributed by atoms with van der Waals surface area (Å²) >= 11 is 0. The van der Waals surface area contributed by atoms with Crippen LogP contribution in [-0.4, -0.2) is 55.4 Å². The van der Waals surface area contributed by atoms with Crippen LogP contribution >= 0.6 is 0 Å². The maximum atomic E-state index is 12.0. The molecule has 1 saturated heterocycles. The van der Waals surface area contributed by atoms with E-state index >= 15 is 0 Å². The Morgan fingerprint density at radius 1 is 1.26 bits per heavy atom. The van der Waals surface area contributed by atoms with E-state index in [0.717, 1.165) is 31.2 Å². The number of nitrogens with zero attached hydrogens (tertiary/aromatic N) is 3. The number of nitrogens with one attached hydrogen (secondary N) is 1. The number of hydrogen-bond donors (Lipinski definition) is 1. The van der Waals surface area contributed by atoms with Crippen molar-refractivity contribution in [3.8, 4) is 0 Å². The van der Waals surface area contributed by atoms with Crippen molar-refractivity contribution >= 4 is 11.9 Å². The Morgan fingerprint density at radius 2 is 1.96 bits per heavy atom. The van der Waals surface area contributed by atoms with Crippen LogP contribution in [0.1, 0.15) is 62.4 Å². The third-order valence-corrected chi connectivity index (χ3v) is 5.29. The summed E-state index contributed by atoms with van der Waals surface area (Å²) in [6.07, 6.45) is 5.03. The van der Waals surface area contributed by atoms with Crippen molar-refractivity contribution in [1.82, 2.24) is 15.1 Å². The smallest absolute Gasteiger partial charge is 0.253 e. The van der Waals surface area contributed by atoms with Gasteiger partial charge >= 0.3 is 0 Å². The van der Waals surface area contributed by atoms with Gasteiger partial charge in [-0.25, -0.2) is 4.99 Å². The summed E-state index contributed by atoms with van der Waals surface area (Å²) in [4.78, 5) is 20.9. The van der Waals surface area contributed by atoms with E-state index in [1.807, 2.05) is 24.3 Å². The van der Waals surface area contributed by atoms with Gasteiger partial charge in [0.05, 0.1) is 6.54 Å². The van der Waals surface area contributed by atoms with E-state index < -0.39 is 0 Å². The van der Waals surface area contributed by atoms with Gasteiger partial charge in [0.15, 0.2) is 5.96 Å². The molecule has 0 aliphatic carbocycles. The molecule has 1 aliphatic heterocycles. The molecule has 1 N–H and O–H groups in total. The highest BCUT2D eigenvalue weighted by Crippen LogP contribution is 2.33. The van der Waals surface area contributed by atoms with Crippen molar-refractivity contribution in [2.24, 2.45) is 10.4 Å². The predicted octanol–water partition coefficient (Wildman–Crippen LogP) is 3.76. The maximum Gasteiger partial charge on any atom is 0.253 e. The van der Waals surface area contributed by atoms with Crippen LogP contribution in [0.2, 0.25) is 0 Å². The molecule has 5 heteroatoms. The maximum absolute atomic E-state index is 12.0. The molecule has 27 heavy (non-hydrogen) atoms. The fourth-order valence-corrected chi connectivity index (χ4v) is 3.91. The second-order valence-corrected chi connectivity index (χ2v) is 8.15. The zero-order valence-electron chi connectivity index (χ0n) is 17.7. The minimum absolute atomic E-state index is 0.0296. The topological polar surface area (TPSA) is 47.9 Å². The fourth-order valence-electron chi connectivity index (χ4n) is 3.91. The first-order chi connectivity index (χ1) is 12.9. The van der Waals surface area contributed by atoms with Crippen LogP contribution in [-0.2, 0) is 6.54 Å². The second kappa shape index (κ2) is 9.77. The standard InChI is InChI=1S/C22H36N4O/c1-6-13-22(3)14-8-15-26(17-22)21(23-7-2)24-16-18-9-11-19(12-10-18)20(27)25(4)5/h9-12H,6-8,13-17H2,1-5H3,(H,23,24). The lowest BCUT2D eigenvalue weighted by molar-refractivity contribution is 0.0827. The van der Waals surface area contributed by atoms with E-state index in [4.69, 9.17) is 4.99 Å². The normalized spacial score (nSPS) is 20.5. The molecule has 1 aromatic carbocycles. The third kappa shape index (κ3) is 5.98. The lowest BCUT2D eigenvalue weighted by Gasteiger charge is -2.42. The highest BCUT2D eigenvalue weighted by Gasteiger charge is 2.31. The summed E-state index contributed by atoms with van der Waals surface area (Å²) in [7, 11) is 3.54. The van der Waals surface area contributed by atoms with Gasteiger partial charge < -0.3 is 15.1 Å². The molecule has 1 amide bonds. The molecule has 1 aromatic rings. The Morgan fingerprint density at radius 3 is 2.56 bits per heavy atom. The largest absolute Gasteiger partial charge is 0.357 e. The van der Waals surface area contributed by atoms with Crippen molar-refractivity contribution in [2.75, 3.05) is 33.7 Å². The van der Waals surface area contributed by atoms with E-state index in [2.05, 4.69) is 31.0 Å². The number of guanidine groups is 1. The second-order valence-electron chi connectivity index (χ2n) is 8.15. The number of rotatable bonds is 6. The number of amides is 1. The van der Waals surface area contributed by atoms with Gasteiger partial charge in [-0.15, -0.1) is 0 Å². The summed E-state index contributed by atoms with van der Waals surface area (Å²) in [6, 6.07) is 7.78. The lowest BCUT2D eigenvalue weighted by Crippen LogP contribution is -2.49. The quantitative estimate of drug-likeness (QED) is 0.611. The Hall–Kier alpha value is -2.04. The van der Waals surface area contributed by atoms with Crippen LogP contribution in [0.4, 0.5) is 0 Å². The Kier molecular flexibility index (Phi) is 7.69. The van der Waals surface area contributed by atoms with Crippen molar-refractivity contribution in [1.29, 1.82) is 0 Å². The SMILES string of the molecule is CCCC1(C)CCCN(C(=NCc2ccc(C(=O)N(C)C)cc2)NCC)C1. The molecule has 150 valence electrons.